The Morgan fingerprint density at radius 1 is 1.12 bits per heavy atom. The van der Waals surface area contributed by atoms with Crippen LogP contribution in [0.3, 0.4) is 0 Å². The molecule has 1 heterocycles. The fourth-order valence-electron chi connectivity index (χ4n) is 3.60. The van der Waals surface area contributed by atoms with Gasteiger partial charge in [0, 0.05) is 29.2 Å². The molecule has 40 heavy (non-hydrogen) atoms. The zero-order valence-corrected chi connectivity index (χ0v) is 24.6. The molecule has 1 aromatic rings. The maximum absolute atomic E-state index is 15.0. The summed E-state index contributed by atoms with van der Waals surface area (Å²) in [6, 6.07) is 3.04. The van der Waals surface area contributed by atoms with Gasteiger partial charge in [-0.25, -0.2) is 18.4 Å². The second-order valence-corrected chi connectivity index (χ2v) is 11.8. The normalized spacial score (nSPS) is 15.9. The number of amides is 3. The second-order valence-electron chi connectivity index (χ2n) is 11.3. The highest BCUT2D eigenvalue weighted by Crippen LogP contribution is 2.26. The number of nitrogens with one attached hydrogen (secondary N) is 2. The minimum atomic E-state index is -1.65. The molecule has 3 amide bonds. The van der Waals surface area contributed by atoms with E-state index in [9.17, 15) is 18.8 Å². The van der Waals surface area contributed by atoms with Gasteiger partial charge in [-0.1, -0.05) is 30.3 Å². The van der Waals surface area contributed by atoms with Crippen LogP contribution in [0.1, 0.15) is 70.8 Å². The van der Waals surface area contributed by atoms with Crippen molar-refractivity contribution >= 4 is 41.2 Å². The van der Waals surface area contributed by atoms with Gasteiger partial charge in [0.15, 0.2) is 6.17 Å². The Kier molecular flexibility index (Phi) is 10.9. The van der Waals surface area contributed by atoms with Crippen LogP contribution in [0, 0.1) is 5.82 Å². The minimum absolute atomic E-state index is 0.0202. The summed E-state index contributed by atoms with van der Waals surface area (Å²) >= 11 is 5.57. The second kappa shape index (κ2) is 13.3. The van der Waals surface area contributed by atoms with Crippen LogP contribution in [0.25, 0.3) is 5.57 Å². The Morgan fingerprint density at radius 2 is 1.75 bits per heavy atom. The molecule has 9 nitrogen and oxygen atoms in total. The molecule has 0 aliphatic carbocycles. The van der Waals surface area contributed by atoms with Crippen LogP contribution >= 0.6 is 11.6 Å². The molecule has 0 saturated heterocycles. The van der Waals surface area contributed by atoms with Crippen LogP contribution < -0.4 is 10.6 Å². The summed E-state index contributed by atoms with van der Waals surface area (Å²) in [4.78, 5) is 42.8. The van der Waals surface area contributed by atoms with E-state index in [0.717, 1.165) is 6.07 Å². The van der Waals surface area contributed by atoms with E-state index in [1.165, 1.54) is 19.1 Å². The number of aliphatic imine (C=N–C) groups is 1. The molecular weight excluding hydrogens is 546 g/mol. The van der Waals surface area contributed by atoms with Crippen molar-refractivity contribution < 1.29 is 32.6 Å². The molecular formula is C28H37ClF2N4O5. The molecule has 0 aromatic heterocycles. The Morgan fingerprint density at radius 3 is 2.25 bits per heavy atom. The Labute approximate surface area is 238 Å². The van der Waals surface area contributed by atoms with Crippen molar-refractivity contribution in [1.82, 2.24) is 15.5 Å². The standard InChI is InChI=1S/C28H37ClF2N4O5/c1-16(29)22(31)17(2)32-23(36)19-9-10-20(21(30)15-19)18-11-13-35(14-12-18)24(33-25(37)39-27(3,4)5)34-26(38)40-28(6,7)8/h9-11,15,17,22H,1,12-14H2,2-8H3,(H,32,36)(H,33,34,37,38). The van der Waals surface area contributed by atoms with E-state index < -0.39 is 47.3 Å². The van der Waals surface area contributed by atoms with E-state index in [-0.39, 0.29) is 35.2 Å². The number of halogens is 3. The summed E-state index contributed by atoms with van der Waals surface area (Å²) < 4.78 is 39.5. The maximum Gasteiger partial charge on any atom is 0.437 e. The van der Waals surface area contributed by atoms with E-state index >= 15 is 4.39 Å². The van der Waals surface area contributed by atoms with E-state index in [1.807, 2.05) is 0 Å². The molecule has 2 unspecified atom stereocenters. The summed E-state index contributed by atoms with van der Waals surface area (Å²) in [7, 11) is 0. The SMILES string of the molecule is C=C(Cl)C(F)C(C)NC(=O)c1ccc(C2=CCN(/C(=N\C(=O)OC(C)(C)C)NC(=O)OC(C)(C)C)CC2)c(F)c1. The van der Waals surface area contributed by atoms with Crippen molar-refractivity contribution in [2.45, 2.75) is 78.3 Å². The number of alkyl carbamates (subject to hydrolysis) is 1. The number of carbonyl (C=O) groups excluding carboxylic acids is 3. The number of rotatable bonds is 5. The van der Waals surface area contributed by atoms with Crippen molar-refractivity contribution in [3.8, 4) is 0 Å². The maximum atomic E-state index is 15.0. The van der Waals surface area contributed by atoms with Crippen molar-refractivity contribution in [2.24, 2.45) is 4.99 Å². The number of alkyl halides is 1. The fraction of sp³-hybridized carbons (Fsp3) is 0.500. The molecule has 0 saturated carbocycles. The number of carbonyl (C=O) groups is 3. The van der Waals surface area contributed by atoms with E-state index in [0.29, 0.717) is 12.0 Å². The Bertz CT molecular complexity index is 1200. The first kappa shape index (κ1) is 32.7. The van der Waals surface area contributed by atoms with E-state index in [4.69, 9.17) is 21.1 Å². The summed E-state index contributed by atoms with van der Waals surface area (Å²) in [6.07, 6.45) is -1.28. The summed E-state index contributed by atoms with van der Waals surface area (Å²) in [5.74, 6) is -1.35. The Hall–Kier alpha value is -3.47. The van der Waals surface area contributed by atoms with Gasteiger partial charge in [-0.2, -0.15) is 0 Å². The van der Waals surface area contributed by atoms with Gasteiger partial charge in [-0.05, 0) is 72.6 Å². The quantitative estimate of drug-likeness (QED) is 0.328. The third-order valence-electron chi connectivity index (χ3n) is 5.39. The number of ether oxygens (including phenoxy) is 2. The number of hydrogen-bond donors (Lipinski definition) is 2. The fourth-order valence-corrected chi connectivity index (χ4v) is 3.79. The van der Waals surface area contributed by atoms with Gasteiger partial charge in [0.25, 0.3) is 5.91 Å². The first-order valence-electron chi connectivity index (χ1n) is 12.7. The highest BCUT2D eigenvalue weighted by atomic mass is 35.5. The zero-order valence-electron chi connectivity index (χ0n) is 23.9. The summed E-state index contributed by atoms with van der Waals surface area (Å²) in [5.41, 5.74) is -0.608. The van der Waals surface area contributed by atoms with Gasteiger partial charge < -0.3 is 19.7 Å². The molecule has 220 valence electrons. The molecule has 1 aromatic carbocycles. The smallest absolute Gasteiger partial charge is 0.437 e. The van der Waals surface area contributed by atoms with Crippen molar-refractivity contribution in [3.05, 3.63) is 52.8 Å². The molecule has 1 aliphatic rings. The third kappa shape index (κ3) is 10.3. The first-order valence-corrected chi connectivity index (χ1v) is 13.1. The highest BCUT2D eigenvalue weighted by Gasteiger charge is 2.26. The number of guanidine groups is 1. The van der Waals surface area contributed by atoms with Gasteiger partial charge >= 0.3 is 12.2 Å². The van der Waals surface area contributed by atoms with E-state index in [1.54, 1.807) is 52.5 Å². The lowest BCUT2D eigenvalue weighted by Gasteiger charge is -2.30. The average molecular weight is 583 g/mol. The Balaban J connectivity index is 2.21. The summed E-state index contributed by atoms with van der Waals surface area (Å²) in [5, 5.41) is 4.70. The topological polar surface area (TPSA) is 109 Å². The summed E-state index contributed by atoms with van der Waals surface area (Å²) in [6.45, 7) is 15.4. The molecule has 0 spiro atoms. The molecule has 2 atom stereocenters. The highest BCUT2D eigenvalue weighted by molar-refractivity contribution is 6.29. The lowest BCUT2D eigenvalue weighted by atomic mass is 9.97. The van der Waals surface area contributed by atoms with Crippen LogP contribution in [-0.4, -0.2) is 65.5 Å². The molecule has 2 rings (SSSR count). The van der Waals surface area contributed by atoms with Gasteiger partial charge in [0.1, 0.15) is 17.0 Å². The molecule has 0 fully saturated rings. The zero-order chi connectivity index (χ0) is 30.4. The molecule has 0 radical (unpaired) electrons. The largest absolute Gasteiger partial charge is 0.444 e. The first-order chi connectivity index (χ1) is 18.4. The van der Waals surface area contributed by atoms with Crippen LogP contribution in [0.2, 0.25) is 0 Å². The molecule has 2 N–H and O–H groups in total. The number of benzene rings is 1. The van der Waals surface area contributed by atoms with Gasteiger partial charge in [0.2, 0.25) is 5.96 Å². The van der Waals surface area contributed by atoms with Gasteiger partial charge in [-0.3, -0.25) is 10.1 Å². The third-order valence-corrected chi connectivity index (χ3v) is 5.59. The lowest BCUT2D eigenvalue weighted by molar-refractivity contribution is 0.0554. The van der Waals surface area contributed by atoms with Crippen LogP contribution in [-0.2, 0) is 9.47 Å². The molecule has 12 heteroatoms. The predicted molar refractivity (Wildman–Crippen MR) is 150 cm³/mol. The van der Waals surface area contributed by atoms with Crippen LogP contribution in [0.5, 0.6) is 0 Å². The lowest BCUT2D eigenvalue weighted by Crippen LogP contribution is -2.48. The average Bonchev–Trinajstić information content (AvgIpc) is 2.80. The van der Waals surface area contributed by atoms with Crippen LogP contribution in [0.15, 0.2) is 40.9 Å². The van der Waals surface area contributed by atoms with Crippen LogP contribution in [0.4, 0.5) is 18.4 Å². The van der Waals surface area contributed by atoms with Crippen molar-refractivity contribution in [1.29, 1.82) is 0 Å². The van der Waals surface area contributed by atoms with E-state index in [2.05, 4.69) is 22.2 Å². The van der Waals surface area contributed by atoms with Gasteiger partial charge in [-0.15, -0.1) is 4.99 Å². The van der Waals surface area contributed by atoms with Crippen molar-refractivity contribution in [2.75, 3.05) is 13.1 Å². The predicted octanol–water partition coefficient (Wildman–Crippen LogP) is 5.94. The molecule has 0 bridgehead atoms. The van der Waals surface area contributed by atoms with Gasteiger partial charge in [0.05, 0.1) is 6.04 Å². The minimum Gasteiger partial charge on any atom is -0.444 e. The number of hydrogen-bond acceptors (Lipinski definition) is 5. The van der Waals surface area contributed by atoms with Crippen molar-refractivity contribution in [3.63, 3.8) is 0 Å². The molecule has 1 aliphatic heterocycles. The monoisotopic (exact) mass is 582 g/mol. The number of nitrogens with zero attached hydrogens (tertiary/aromatic N) is 2.